The topological polar surface area (TPSA) is 66.7 Å². The Balaban J connectivity index is 1.62. The summed E-state index contributed by atoms with van der Waals surface area (Å²) in [6.07, 6.45) is 0. The third kappa shape index (κ3) is 4.92. The maximum absolute atomic E-state index is 12.3. The van der Waals surface area contributed by atoms with Crippen molar-refractivity contribution in [3.63, 3.8) is 0 Å². The Morgan fingerprint density at radius 3 is 2.62 bits per heavy atom. The first-order valence-corrected chi connectivity index (χ1v) is 9.16. The standard InChI is InChI=1S/C18H21Cl2N3O3/c1-12-2-5-17(26-12)16(23-6-8-25-9-7-23)11-21-18(24)22-13-3-4-14(19)15(20)10-13/h2-5,10,16H,6-9,11H2,1H3,(H2,21,22,24). The van der Waals surface area contributed by atoms with Gasteiger partial charge in [-0.05, 0) is 37.3 Å². The Morgan fingerprint density at radius 2 is 1.96 bits per heavy atom. The number of benzene rings is 1. The molecule has 6 nitrogen and oxygen atoms in total. The number of rotatable bonds is 5. The van der Waals surface area contributed by atoms with Gasteiger partial charge in [-0.25, -0.2) is 4.79 Å². The highest BCUT2D eigenvalue weighted by Gasteiger charge is 2.25. The van der Waals surface area contributed by atoms with Crippen molar-refractivity contribution < 1.29 is 13.9 Å². The summed E-state index contributed by atoms with van der Waals surface area (Å²) in [5.41, 5.74) is 0.577. The van der Waals surface area contributed by atoms with Crippen LogP contribution in [0, 0.1) is 6.92 Å². The Bertz CT molecular complexity index is 760. The number of nitrogens with zero attached hydrogens (tertiary/aromatic N) is 1. The predicted octanol–water partition coefficient (Wildman–Crippen LogP) is 4.09. The summed E-state index contributed by atoms with van der Waals surface area (Å²) in [4.78, 5) is 14.5. The van der Waals surface area contributed by atoms with Gasteiger partial charge in [-0.3, -0.25) is 4.90 Å². The Labute approximate surface area is 162 Å². The molecule has 1 saturated heterocycles. The highest BCUT2D eigenvalue weighted by molar-refractivity contribution is 6.42. The number of urea groups is 1. The molecular formula is C18H21Cl2N3O3. The van der Waals surface area contributed by atoms with Crippen LogP contribution in [0.25, 0.3) is 0 Å². The van der Waals surface area contributed by atoms with Crippen LogP contribution in [0.3, 0.4) is 0 Å². The Morgan fingerprint density at radius 1 is 1.19 bits per heavy atom. The van der Waals surface area contributed by atoms with Crippen LogP contribution in [0.4, 0.5) is 10.5 Å². The summed E-state index contributed by atoms with van der Waals surface area (Å²) in [5.74, 6) is 1.68. The van der Waals surface area contributed by atoms with Crippen molar-refractivity contribution in [2.45, 2.75) is 13.0 Å². The number of hydrogen-bond acceptors (Lipinski definition) is 4. The van der Waals surface area contributed by atoms with Crippen LogP contribution < -0.4 is 10.6 Å². The number of carbonyl (C=O) groups is 1. The van der Waals surface area contributed by atoms with Gasteiger partial charge in [-0.1, -0.05) is 23.2 Å². The normalized spacial score (nSPS) is 16.3. The zero-order chi connectivity index (χ0) is 18.5. The molecule has 2 aromatic rings. The number of morpholine rings is 1. The second-order valence-corrected chi connectivity index (χ2v) is 6.89. The van der Waals surface area contributed by atoms with E-state index in [2.05, 4.69) is 15.5 Å². The molecule has 1 aliphatic rings. The van der Waals surface area contributed by atoms with E-state index >= 15 is 0 Å². The van der Waals surface area contributed by atoms with E-state index in [-0.39, 0.29) is 12.1 Å². The van der Waals surface area contributed by atoms with Crippen molar-refractivity contribution in [1.29, 1.82) is 0 Å². The summed E-state index contributed by atoms with van der Waals surface area (Å²) in [7, 11) is 0. The predicted molar refractivity (Wildman–Crippen MR) is 102 cm³/mol. The summed E-state index contributed by atoms with van der Waals surface area (Å²) in [5, 5.41) is 6.49. The molecule has 0 bridgehead atoms. The number of nitrogens with one attached hydrogen (secondary N) is 2. The van der Waals surface area contributed by atoms with Crippen molar-refractivity contribution in [2.24, 2.45) is 0 Å². The molecule has 1 fully saturated rings. The quantitative estimate of drug-likeness (QED) is 0.796. The number of ether oxygens (including phenoxy) is 1. The molecule has 1 aromatic carbocycles. The fourth-order valence-electron chi connectivity index (χ4n) is 2.87. The van der Waals surface area contributed by atoms with Gasteiger partial charge < -0.3 is 19.8 Å². The van der Waals surface area contributed by atoms with E-state index < -0.39 is 0 Å². The van der Waals surface area contributed by atoms with E-state index in [9.17, 15) is 4.79 Å². The summed E-state index contributed by atoms with van der Waals surface area (Å²) >= 11 is 11.9. The van der Waals surface area contributed by atoms with E-state index in [0.717, 1.165) is 24.6 Å². The van der Waals surface area contributed by atoms with Gasteiger partial charge in [-0.15, -0.1) is 0 Å². The molecule has 1 atom stereocenters. The summed E-state index contributed by atoms with van der Waals surface area (Å²) < 4.78 is 11.2. The molecule has 2 N–H and O–H groups in total. The van der Waals surface area contributed by atoms with Crippen LogP contribution in [0.15, 0.2) is 34.7 Å². The van der Waals surface area contributed by atoms with Crippen molar-refractivity contribution in [3.05, 3.63) is 51.9 Å². The van der Waals surface area contributed by atoms with Gasteiger partial charge in [0.1, 0.15) is 11.5 Å². The van der Waals surface area contributed by atoms with Crippen molar-refractivity contribution >= 4 is 34.9 Å². The Kier molecular flexibility index (Phi) is 6.43. The minimum Gasteiger partial charge on any atom is -0.465 e. The van der Waals surface area contributed by atoms with Crippen LogP contribution in [0.2, 0.25) is 10.0 Å². The van der Waals surface area contributed by atoms with Crippen LogP contribution in [0.1, 0.15) is 17.6 Å². The summed E-state index contributed by atoms with van der Waals surface area (Å²) in [6, 6.07) is 8.47. The molecule has 0 spiro atoms. The van der Waals surface area contributed by atoms with E-state index in [4.69, 9.17) is 32.4 Å². The smallest absolute Gasteiger partial charge is 0.319 e. The fraction of sp³-hybridized carbons (Fsp3) is 0.389. The molecule has 3 rings (SSSR count). The van der Waals surface area contributed by atoms with Gasteiger partial charge in [0.15, 0.2) is 0 Å². The lowest BCUT2D eigenvalue weighted by atomic mass is 10.1. The van der Waals surface area contributed by atoms with Gasteiger partial charge in [0.25, 0.3) is 0 Å². The lowest BCUT2D eigenvalue weighted by Crippen LogP contribution is -2.44. The minimum absolute atomic E-state index is 0.0489. The van der Waals surface area contributed by atoms with Crippen LogP contribution in [-0.2, 0) is 4.74 Å². The highest BCUT2D eigenvalue weighted by Crippen LogP contribution is 2.25. The average Bonchev–Trinajstić information content (AvgIpc) is 3.05. The number of hydrogen-bond donors (Lipinski definition) is 2. The van der Waals surface area contributed by atoms with E-state index in [0.29, 0.717) is 35.5 Å². The molecule has 1 aliphatic heterocycles. The highest BCUT2D eigenvalue weighted by atomic mass is 35.5. The number of furan rings is 1. The zero-order valence-corrected chi connectivity index (χ0v) is 15.9. The molecule has 0 saturated carbocycles. The third-order valence-electron chi connectivity index (χ3n) is 4.21. The molecule has 140 valence electrons. The molecule has 1 aromatic heterocycles. The number of amides is 2. The first kappa shape index (κ1) is 19.0. The Hall–Kier alpha value is -1.73. The SMILES string of the molecule is Cc1ccc(C(CNC(=O)Nc2ccc(Cl)c(Cl)c2)N2CCOCC2)o1. The lowest BCUT2D eigenvalue weighted by Gasteiger charge is -2.33. The number of carbonyl (C=O) groups excluding carboxylic acids is 1. The van der Waals surface area contributed by atoms with Crippen LogP contribution in [-0.4, -0.2) is 43.8 Å². The first-order valence-electron chi connectivity index (χ1n) is 8.41. The maximum Gasteiger partial charge on any atom is 0.319 e. The molecule has 1 unspecified atom stereocenters. The summed E-state index contributed by atoms with van der Waals surface area (Å²) in [6.45, 7) is 5.25. The molecular weight excluding hydrogens is 377 g/mol. The maximum atomic E-state index is 12.3. The van der Waals surface area contributed by atoms with Gasteiger partial charge >= 0.3 is 6.03 Å². The van der Waals surface area contributed by atoms with Crippen LogP contribution in [0.5, 0.6) is 0 Å². The fourth-order valence-corrected chi connectivity index (χ4v) is 3.17. The number of aryl methyl sites for hydroxylation is 1. The average molecular weight is 398 g/mol. The van der Waals surface area contributed by atoms with Gasteiger partial charge in [0, 0.05) is 25.3 Å². The molecule has 0 aliphatic carbocycles. The largest absolute Gasteiger partial charge is 0.465 e. The molecule has 2 heterocycles. The van der Waals surface area contributed by atoms with Crippen LogP contribution >= 0.6 is 23.2 Å². The van der Waals surface area contributed by atoms with Gasteiger partial charge in [0.05, 0.1) is 29.3 Å². The van der Waals surface area contributed by atoms with E-state index in [1.807, 2.05) is 19.1 Å². The number of anilines is 1. The first-order chi connectivity index (χ1) is 12.5. The minimum atomic E-state index is -0.315. The number of halogens is 2. The monoisotopic (exact) mass is 397 g/mol. The second kappa shape index (κ2) is 8.77. The third-order valence-corrected chi connectivity index (χ3v) is 4.95. The van der Waals surface area contributed by atoms with Gasteiger partial charge in [0.2, 0.25) is 0 Å². The van der Waals surface area contributed by atoms with E-state index in [1.165, 1.54) is 0 Å². The molecule has 2 amide bonds. The van der Waals surface area contributed by atoms with E-state index in [1.54, 1.807) is 18.2 Å². The molecule has 8 heteroatoms. The molecule has 26 heavy (non-hydrogen) atoms. The molecule has 0 radical (unpaired) electrons. The zero-order valence-electron chi connectivity index (χ0n) is 14.4. The van der Waals surface area contributed by atoms with Crippen molar-refractivity contribution in [3.8, 4) is 0 Å². The lowest BCUT2D eigenvalue weighted by molar-refractivity contribution is 0.0122. The second-order valence-electron chi connectivity index (χ2n) is 6.08. The van der Waals surface area contributed by atoms with Crippen molar-refractivity contribution in [2.75, 3.05) is 38.2 Å². The van der Waals surface area contributed by atoms with Crippen molar-refractivity contribution in [1.82, 2.24) is 10.2 Å². The van der Waals surface area contributed by atoms with Gasteiger partial charge in [-0.2, -0.15) is 0 Å².